The Balaban J connectivity index is 0.000000698. The van der Waals surface area contributed by atoms with Crippen molar-refractivity contribution in [1.82, 2.24) is 14.5 Å². The summed E-state index contributed by atoms with van der Waals surface area (Å²) in [4.78, 5) is 39.2. The van der Waals surface area contributed by atoms with E-state index in [4.69, 9.17) is 14.6 Å². The number of imide groups is 1. The summed E-state index contributed by atoms with van der Waals surface area (Å²) in [6.07, 6.45) is -4.29. The summed E-state index contributed by atoms with van der Waals surface area (Å²) >= 11 is 0. The molecule has 0 atom stereocenters. The largest absolute Gasteiger partial charge is 0.491 e. The van der Waals surface area contributed by atoms with Gasteiger partial charge in [0.25, 0.3) is 5.91 Å². The number of ether oxygens (including phenoxy) is 1. The Morgan fingerprint density at radius 3 is 2.18 bits per heavy atom. The number of benzene rings is 3. The van der Waals surface area contributed by atoms with Gasteiger partial charge < -0.3 is 9.84 Å². The molecule has 0 aliphatic carbocycles. The zero-order valence-electron chi connectivity index (χ0n) is 27.1. The molecule has 2 heterocycles. The number of carboxylic acid groups (broad SMARTS) is 1. The molecule has 2 aliphatic heterocycles. The maximum atomic E-state index is 14.7. The summed E-state index contributed by atoms with van der Waals surface area (Å²) in [7, 11) is -0.736. The second-order valence-electron chi connectivity index (χ2n) is 12.0. The molecule has 5 rings (SSSR count). The van der Waals surface area contributed by atoms with Crippen LogP contribution in [0.4, 0.5) is 28.0 Å². The number of sulfonamides is 1. The highest BCUT2D eigenvalue weighted by molar-refractivity contribution is 7.89. The number of nitrogens with zero attached hydrogens (tertiary/aromatic N) is 3. The predicted molar refractivity (Wildman–Crippen MR) is 172 cm³/mol. The molecule has 0 radical (unpaired) electrons. The van der Waals surface area contributed by atoms with Crippen LogP contribution in [0.15, 0.2) is 71.6 Å². The second-order valence-corrected chi connectivity index (χ2v) is 14.1. The number of hydrogen-bond acceptors (Lipinski definition) is 7. The molecule has 2 aliphatic rings. The fourth-order valence-corrected chi connectivity index (χ4v) is 6.54. The van der Waals surface area contributed by atoms with Crippen molar-refractivity contribution in [2.45, 2.75) is 55.9 Å². The molecular weight excluding hydrogens is 672 g/mol. The number of halogens is 4. The molecule has 0 unspecified atom stereocenters. The van der Waals surface area contributed by atoms with Gasteiger partial charge in [0.1, 0.15) is 17.1 Å². The maximum absolute atomic E-state index is 14.7. The van der Waals surface area contributed by atoms with Crippen LogP contribution in [0.5, 0.6) is 5.75 Å². The minimum Gasteiger partial charge on any atom is -0.491 e. The molecular formula is C33H36F4N4O7S. The van der Waals surface area contributed by atoms with Crippen molar-refractivity contribution in [2.75, 3.05) is 32.1 Å². The van der Waals surface area contributed by atoms with Crippen LogP contribution in [0.3, 0.4) is 0 Å². The molecule has 264 valence electrons. The van der Waals surface area contributed by atoms with Gasteiger partial charge in [0.15, 0.2) is 0 Å². The fraction of sp³-hybridized carbons (Fsp3) is 0.364. The van der Waals surface area contributed by atoms with Gasteiger partial charge in [-0.1, -0.05) is 24.3 Å². The smallest absolute Gasteiger partial charge is 0.490 e. The normalized spacial score (nSPS) is 16.5. The molecule has 0 saturated carbocycles. The van der Waals surface area contributed by atoms with E-state index < -0.39 is 45.5 Å². The number of piperidine rings is 1. The first-order valence-corrected chi connectivity index (χ1v) is 16.6. The highest BCUT2D eigenvalue weighted by Gasteiger charge is 2.55. The number of amides is 3. The van der Waals surface area contributed by atoms with Crippen molar-refractivity contribution in [2.24, 2.45) is 0 Å². The predicted octanol–water partition coefficient (Wildman–Crippen LogP) is 5.25. The molecule has 2 fully saturated rings. The quantitative estimate of drug-likeness (QED) is 0.239. The number of anilines is 1. The Labute approximate surface area is 281 Å². The Morgan fingerprint density at radius 2 is 1.63 bits per heavy atom. The van der Waals surface area contributed by atoms with Gasteiger partial charge in [-0.25, -0.2) is 26.7 Å². The van der Waals surface area contributed by atoms with Crippen molar-refractivity contribution in [3.05, 3.63) is 78.1 Å². The number of alkyl halides is 3. The summed E-state index contributed by atoms with van der Waals surface area (Å²) in [6.45, 7) is 5.72. The molecule has 0 bridgehead atoms. The van der Waals surface area contributed by atoms with Crippen molar-refractivity contribution < 1.29 is 50.2 Å². The average molecular weight is 709 g/mol. The summed E-state index contributed by atoms with van der Waals surface area (Å²) < 4.78 is 78.5. The number of likely N-dealkylation sites (tertiary alicyclic amines) is 1. The third-order valence-corrected chi connectivity index (χ3v) is 9.85. The van der Waals surface area contributed by atoms with Crippen LogP contribution >= 0.6 is 0 Å². The lowest BCUT2D eigenvalue weighted by molar-refractivity contribution is -0.192. The average Bonchev–Trinajstić information content (AvgIpc) is 3.25. The van der Waals surface area contributed by atoms with Gasteiger partial charge in [-0.05, 0) is 80.3 Å². The van der Waals surface area contributed by atoms with Gasteiger partial charge in [-0.3, -0.25) is 19.9 Å². The zero-order valence-corrected chi connectivity index (χ0v) is 27.9. The Morgan fingerprint density at radius 1 is 1.02 bits per heavy atom. The lowest BCUT2D eigenvalue weighted by atomic mass is 9.85. The van der Waals surface area contributed by atoms with Gasteiger partial charge in [-0.2, -0.15) is 13.2 Å². The standard InChI is InChI=1S/C31H35FN4O5S.C2HF3O2/c1-21(2)41-25-7-5-6-22(18-25)20-35-16-14-31(15-17-35)29(37)33-30(38)36(31)28-19-24(32)10-13-27(28)23-8-11-26(12-9-23)42(39,40)34(3)4;3-2(4,5)1(6)7/h5-13,18-19,21H,14-17,20H2,1-4H3,(H,33,37,38);(H,6,7). The highest BCUT2D eigenvalue weighted by Crippen LogP contribution is 2.42. The molecule has 16 heteroatoms. The first-order valence-electron chi connectivity index (χ1n) is 15.1. The van der Waals surface area contributed by atoms with Gasteiger partial charge in [0.2, 0.25) is 10.0 Å². The molecule has 3 amide bonds. The molecule has 3 aromatic carbocycles. The lowest BCUT2D eigenvalue weighted by Crippen LogP contribution is -2.56. The Hall–Kier alpha value is -4.54. The third kappa shape index (κ3) is 8.37. The van der Waals surface area contributed by atoms with E-state index in [1.807, 2.05) is 38.1 Å². The monoisotopic (exact) mass is 708 g/mol. The van der Waals surface area contributed by atoms with Crippen LogP contribution in [-0.2, 0) is 26.2 Å². The van der Waals surface area contributed by atoms with E-state index in [-0.39, 0.29) is 16.7 Å². The number of carbonyl (C=O) groups is 3. The highest BCUT2D eigenvalue weighted by atomic mass is 32.2. The molecule has 2 saturated heterocycles. The second kappa shape index (κ2) is 14.5. The van der Waals surface area contributed by atoms with Crippen molar-refractivity contribution in [3.63, 3.8) is 0 Å². The number of carboxylic acids is 1. The van der Waals surface area contributed by atoms with Crippen molar-refractivity contribution in [1.29, 1.82) is 0 Å². The van der Waals surface area contributed by atoms with Crippen molar-refractivity contribution in [3.8, 4) is 16.9 Å². The van der Waals surface area contributed by atoms with Crippen LogP contribution < -0.4 is 15.0 Å². The van der Waals surface area contributed by atoms with Crippen molar-refractivity contribution >= 4 is 33.6 Å². The van der Waals surface area contributed by atoms with Crippen LogP contribution in [-0.4, -0.2) is 85.6 Å². The fourth-order valence-electron chi connectivity index (χ4n) is 5.64. The molecule has 1 spiro atoms. The third-order valence-electron chi connectivity index (χ3n) is 8.02. The van der Waals surface area contributed by atoms with E-state index in [2.05, 4.69) is 10.2 Å². The van der Waals surface area contributed by atoms with Crippen LogP contribution in [0.1, 0.15) is 32.3 Å². The van der Waals surface area contributed by atoms with Gasteiger partial charge in [-0.15, -0.1) is 0 Å². The zero-order chi connectivity index (χ0) is 36.3. The van der Waals surface area contributed by atoms with Gasteiger partial charge in [0, 0.05) is 39.3 Å². The minimum absolute atomic E-state index is 0.0660. The molecule has 0 aromatic heterocycles. The summed E-state index contributed by atoms with van der Waals surface area (Å²) in [5, 5.41) is 9.59. The van der Waals surface area contributed by atoms with Crippen LogP contribution in [0.25, 0.3) is 11.1 Å². The number of aliphatic carboxylic acids is 1. The lowest BCUT2D eigenvalue weighted by Gasteiger charge is -2.42. The van der Waals surface area contributed by atoms with E-state index in [0.29, 0.717) is 43.6 Å². The van der Waals surface area contributed by atoms with Crippen LogP contribution in [0.2, 0.25) is 0 Å². The summed E-state index contributed by atoms with van der Waals surface area (Å²) in [5.41, 5.74) is 1.27. The number of urea groups is 1. The minimum atomic E-state index is -5.08. The summed E-state index contributed by atoms with van der Waals surface area (Å²) in [5.74, 6) is -2.91. The van der Waals surface area contributed by atoms with E-state index in [9.17, 15) is 35.6 Å². The number of rotatable bonds is 8. The molecule has 2 N–H and O–H groups in total. The van der Waals surface area contributed by atoms with E-state index in [1.54, 1.807) is 18.2 Å². The van der Waals surface area contributed by atoms with E-state index in [0.717, 1.165) is 15.6 Å². The molecule has 11 nitrogen and oxygen atoms in total. The Kier molecular flexibility index (Phi) is 11.0. The summed E-state index contributed by atoms with van der Waals surface area (Å²) in [6, 6.07) is 17.6. The number of carbonyl (C=O) groups excluding carboxylic acids is 2. The molecule has 3 aromatic rings. The first kappa shape index (κ1) is 37.3. The molecule has 49 heavy (non-hydrogen) atoms. The maximum Gasteiger partial charge on any atom is 0.490 e. The van der Waals surface area contributed by atoms with E-state index >= 15 is 0 Å². The van der Waals surface area contributed by atoms with Crippen LogP contribution in [0, 0.1) is 5.82 Å². The van der Waals surface area contributed by atoms with Gasteiger partial charge >= 0.3 is 18.2 Å². The number of nitrogens with one attached hydrogen (secondary N) is 1. The van der Waals surface area contributed by atoms with Gasteiger partial charge in [0.05, 0.1) is 16.7 Å². The van der Waals surface area contributed by atoms with E-state index in [1.165, 1.54) is 43.3 Å². The first-order chi connectivity index (χ1) is 22.8. The Bertz CT molecular complexity index is 1810. The number of hydrogen-bond donors (Lipinski definition) is 2. The topological polar surface area (TPSA) is 137 Å². The SMILES string of the molecule is CC(C)Oc1cccc(CN2CCC3(CC2)C(=O)NC(=O)N3c2cc(F)ccc2-c2ccc(S(=O)(=O)N(C)C)cc2)c1.O=C(O)C(F)(F)F.